The lowest BCUT2D eigenvalue weighted by Crippen LogP contribution is -2.62. The van der Waals surface area contributed by atoms with Crippen LogP contribution in [0.1, 0.15) is 101 Å². The summed E-state index contributed by atoms with van der Waals surface area (Å²) >= 11 is 0. The van der Waals surface area contributed by atoms with Crippen molar-refractivity contribution in [2.75, 3.05) is 46.2 Å². The van der Waals surface area contributed by atoms with Crippen LogP contribution in [0, 0.1) is 29.5 Å². The summed E-state index contributed by atoms with van der Waals surface area (Å²) in [5.41, 5.74) is -3.43. The van der Waals surface area contributed by atoms with Crippen molar-refractivity contribution < 1.29 is 67.9 Å². The van der Waals surface area contributed by atoms with Gasteiger partial charge in [0, 0.05) is 62.9 Å². The van der Waals surface area contributed by atoms with E-state index >= 15 is 0 Å². The first-order valence-corrected chi connectivity index (χ1v) is 24.9. The zero-order valence-electron chi connectivity index (χ0n) is 43.5. The minimum Gasteiger partial charge on any atom is -0.459 e. The number of amides is 1. The lowest BCUT2D eigenvalue weighted by molar-refractivity contribution is -0.302. The number of cyclic esters (lactones) is 1. The van der Waals surface area contributed by atoms with E-state index in [1.807, 2.05) is 44.7 Å². The molecule has 20 heteroatoms. The number of carbonyl (C=O) groups excluding carboxylic acids is 2. The molecule has 3 fully saturated rings. The third-order valence-corrected chi connectivity index (χ3v) is 15.4. The Morgan fingerprint density at radius 1 is 1.01 bits per heavy atom. The Labute approximate surface area is 413 Å². The summed E-state index contributed by atoms with van der Waals surface area (Å²) in [7, 11) is 5.25. The largest absolute Gasteiger partial charge is 0.459 e. The van der Waals surface area contributed by atoms with Crippen LogP contribution in [0.4, 0.5) is 14.9 Å². The molecule has 1 aromatic heterocycles. The van der Waals surface area contributed by atoms with Crippen LogP contribution in [0.15, 0.2) is 30.5 Å². The Balaban J connectivity index is 1.39. The fourth-order valence-electron chi connectivity index (χ4n) is 11.1. The number of nitrogens with zero attached hydrogens (tertiary/aromatic N) is 5. The normalized spacial score (nSPS) is 39.7. The summed E-state index contributed by atoms with van der Waals surface area (Å²) in [5, 5.41) is 70.9. The first kappa shape index (κ1) is 57.5. The monoisotopic (exact) mass is 995 g/mol. The summed E-state index contributed by atoms with van der Waals surface area (Å²) in [6.07, 6.45) is -6.10. The molecule has 3 aliphatic rings. The summed E-state index contributed by atoms with van der Waals surface area (Å²) in [6, 6.07) is 4.31. The number of ether oxygens (including phenoxy) is 6. The summed E-state index contributed by atoms with van der Waals surface area (Å²) in [5.74, 6) is -3.65. The van der Waals surface area contributed by atoms with E-state index in [1.165, 1.54) is 38.3 Å². The smallest absolute Gasteiger partial charge is 0.411 e. The summed E-state index contributed by atoms with van der Waals surface area (Å²) < 4.78 is 52.1. The van der Waals surface area contributed by atoms with Gasteiger partial charge in [0.25, 0.3) is 0 Å². The molecule has 4 heterocycles. The van der Waals surface area contributed by atoms with Crippen molar-refractivity contribution in [1.29, 1.82) is 0 Å². The van der Waals surface area contributed by atoms with E-state index < -0.39 is 114 Å². The van der Waals surface area contributed by atoms with E-state index in [0.717, 1.165) is 0 Å². The highest BCUT2D eigenvalue weighted by molar-refractivity contribution is 5.84. The number of esters is 1. The number of hydrogen-bond donors (Lipinski definition) is 6. The molecule has 0 saturated carbocycles. The van der Waals surface area contributed by atoms with Crippen LogP contribution in [0.5, 0.6) is 0 Å². The quantitative estimate of drug-likeness (QED) is 0.157. The molecular weight excluding hydrogens is 912 g/mol. The fraction of sp³-hybridized carbons (Fsp3) is 0.800. The van der Waals surface area contributed by atoms with E-state index in [-0.39, 0.29) is 44.4 Å². The van der Waals surface area contributed by atoms with Gasteiger partial charge in [-0.3, -0.25) is 10.1 Å². The Morgan fingerprint density at radius 2 is 1.69 bits per heavy atom. The Bertz CT molecular complexity index is 1980. The number of methoxy groups -OCH3 is 1. The first-order chi connectivity index (χ1) is 32.7. The maximum Gasteiger partial charge on any atom is 0.411 e. The molecule has 398 valence electrons. The lowest BCUT2D eigenvalue weighted by atomic mass is 9.68. The van der Waals surface area contributed by atoms with Crippen LogP contribution < -0.4 is 5.32 Å². The van der Waals surface area contributed by atoms with Crippen LogP contribution >= 0.6 is 0 Å². The summed E-state index contributed by atoms with van der Waals surface area (Å²) in [4.78, 5) is 30.7. The van der Waals surface area contributed by atoms with Gasteiger partial charge in [-0.25, -0.2) is 13.9 Å². The number of rotatable bonds is 13. The Hall–Kier alpha value is -3.41. The first-order valence-electron chi connectivity index (χ1n) is 24.9. The number of halogens is 1. The van der Waals surface area contributed by atoms with Crippen LogP contribution in [-0.2, 0) is 46.2 Å². The van der Waals surface area contributed by atoms with Crippen LogP contribution in [0.25, 0.3) is 0 Å². The molecule has 3 aliphatic heterocycles. The highest BCUT2D eigenvalue weighted by Gasteiger charge is 2.55. The van der Waals surface area contributed by atoms with Crippen LogP contribution in [0.2, 0.25) is 0 Å². The van der Waals surface area contributed by atoms with Gasteiger partial charge in [-0.15, -0.1) is 5.10 Å². The minimum absolute atomic E-state index is 0.0177. The molecule has 1 aromatic carbocycles. The minimum atomic E-state index is -1.83. The van der Waals surface area contributed by atoms with Crippen molar-refractivity contribution in [3.8, 4) is 0 Å². The van der Waals surface area contributed by atoms with E-state index in [9.17, 15) is 39.5 Å². The predicted molar refractivity (Wildman–Crippen MR) is 257 cm³/mol. The number of aromatic nitrogens is 3. The number of likely N-dealkylation sites (N-methyl/N-ethyl adjacent to an activating group) is 2. The van der Waals surface area contributed by atoms with Crippen molar-refractivity contribution in [3.63, 3.8) is 0 Å². The predicted octanol–water partition coefficient (Wildman–Crippen LogP) is 3.77. The topological polar surface area (TPSA) is 240 Å². The van der Waals surface area contributed by atoms with Gasteiger partial charge >= 0.3 is 12.1 Å². The molecule has 1 amide bonds. The van der Waals surface area contributed by atoms with E-state index in [4.69, 9.17) is 28.4 Å². The van der Waals surface area contributed by atoms with Gasteiger partial charge in [0.15, 0.2) is 6.29 Å². The van der Waals surface area contributed by atoms with E-state index in [2.05, 4.69) is 15.6 Å². The summed E-state index contributed by atoms with van der Waals surface area (Å²) in [6.45, 7) is 18.9. The molecule has 5 rings (SSSR count). The highest BCUT2D eigenvalue weighted by atomic mass is 19.1. The van der Waals surface area contributed by atoms with Gasteiger partial charge < -0.3 is 63.8 Å². The third-order valence-electron chi connectivity index (χ3n) is 15.4. The number of benzene rings is 1. The fourth-order valence-corrected chi connectivity index (χ4v) is 11.1. The SMILES string of the molecule is CC[C@H]1OC(=O)[C@H](C)[C@@H](C2C[C@@](C)(OC)[C@@H](O)[C@H](C)O2)[C@H](C)[C@@H](O[C@@H]2O[C@H](C)C[C@H](N(C)CCc3cn(CCOC(=O)Nc4ccc(F)cc4)nn3)[C@H]2O)[C@](C)(O)C[C@@H](C)CN(C)[C@H](C)[C@@H](O)[C@]1(C)O. The highest BCUT2D eigenvalue weighted by Crippen LogP contribution is 2.45. The van der Waals surface area contributed by atoms with Gasteiger partial charge in [-0.1, -0.05) is 32.9 Å². The second-order valence-electron chi connectivity index (χ2n) is 21.3. The zero-order chi connectivity index (χ0) is 52.0. The maximum absolute atomic E-state index is 14.6. The molecule has 18 atom stereocenters. The van der Waals surface area contributed by atoms with Crippen molar-refractivity contribution in [2.24, 2.45) is 23.7 Å². The molecule has 1 unspecified atom stereocenters. The van der Waals surface area contributed by atoms with E-state index in [0.29, 0.717) is 37.3 Å². The molecule has 6 N–H and O–H groups in total. The number of aliphatic hydroxyl groups excluding tert-OH is 3. The van der Waals surface area contributed by atoms with E-state index in [1.54, 1.807) is 52.4 Å². The second-order valence-corrected chi connectivity index (χ2v) is 21.3. The molecule has 0 aliphatic carbocycles. The number of hydrogen-bond acceptors (Lipinski definition) is 17. The average molecular weight is 995 g/mol. The molecule has 2 aromatic rings. The lowest BCUT2D eigenvalue weighted by Gasteiger charge is -2.51. The number of carbonyl (C=O) groups is 2. The Morgan fingerprint density at radius 3 is 2.33 bits per heavy atom. The number of anilines is 1. The van der Waals surface area contributed by atoms with Crippen LogP contribution in [-0.4, -0.2) is 187 Å². The molecule has 19 nitrogen and oxygen atoms in total. The van der Waals surface area contributed by atoms with Crippen molar-refractivity contribution in [1.82, 2.24) is 24.8 Å². The second kappa shape index (κ2) is 24.1. The maximum atomic E-state index is 14.6. The van der Waals surface area contributed by atoms with Gasteiger partial charge in [-0.05, 0) is 111 Å². The van der Waals surface area contributed by atoms with Gasteiger partial charge in [0.2, 0.25) is 0 Å². The molecule has 0 radical (unpaired) electrons. The number of nitrogens with one attached hydrogen (secondary N) is 1. The molecule has 0 spiro atoms. The molecule has 3 saturated heterocycles. The molecule has 70 heavy (non-hydrogen) atoms. The van der Waals surface area contributed by atoms with Gasteiger partial charge in [-0.2, -0.15) is 0 Å². The third kappa shape index (κ3) is 13.8. The van der Waals surface area contributed by atoms with Gasteiger partial charge in [0.1, 0.15) is 42.4 Å². The molecular formula is C50H83FN6O13. The zero-order valence-corrected chi connectivity index (χ0v) is 43.5. The van der Waals surface area contributed by atoms with Crippen molar-refractivity contribution in [3.05, 3.63) is 42.0 Å². The Kier molecular flexibility index (Phi) is 19.8. The average Bonchev–Trinajstić information content (AvgIpc) is 3.75. The van der Waals surface area contributed by atoms with Crippen molar-refractivity contribution in [2.45, 2.75) is 192 Å². The standard InChI is InChI=1S/C50H83FN6O13/c1-14-39-50(10,64)42(59)32(6)56(12)26-28(2)24-48(8,63)44(30(4)40(31(5)45(61)69-39)38-25-49(9,65-13)43(60)33(7)68-38)70-46-41(58)37(23-29(3)67-46)55(11)20-19-36-27-57(54-53-36)21-22-66-47(62)52-35-17-15-34(51)16-18-35/h15-18,27-33,37-44,46,58-60,63-64H,14,19-26H2,1-13H3,(H,52,62)/t28-,29-,30+,31-,32-,33+,37+,38?,39-,40+,41-,42-,43+,44-,46+,48-,49-,50-/m1/s1. The van der Waals surface area contributed by atoms with Gasteiger partial charge in [0.05, 0.1) is 53.8 Å². The van der Waals surface area contributed by atoms with Crippen LogP contribution in [0.3, 0.4) is 0 Å². The van der Waals surface area contributed by atoms with Crippen molar-refractivity contribution >= 4 is 17.7 Å². The molecule has 0 bridgehead atoms. The number of aliphatic hydroxyl groups is 5.